The zero-order chi connectivity index (χ0) is 14.8. The van der Waals surface area contributed by atoms with Gasteiger partial charge in [-0.2, -0.15) is 0 Å². The maximum atomic E-state index is 6.05. The third kappa shape index (κ3) is 3.51. The Kier molecular flexibility index (Phi) is 4.34. The summed E-state index contributed by atoms with van der Waals surface area (Å²) in [5.41, 5.74) is 3.38. The van der Waals surface area contributed by atoms with E-state index >= 15 is 0 Å². The molecule has 0 N–H and O–H groups in total. The molecule has 2 aromatic rings. The molecule has 106 valence electrons. The summed E-state index contributed by atoms with van der Waals surface area (Å²) in [4.78, 5) is 4.06. The van der Waals surface area contributed by atoms with Crippen LogP contribution in [0.5, 0.6) is 5.75 Å². The van der Waals surface area contributed by atoms with Gasteiger partial charge in [-0.1, -0.05) is 56.1 Å². The second kappa shape index (κ2) is 5.84. The molecule has 0 aliphatic carbocycles. The molecule has 0 atom stereocenters. The number of pyridine rings is 1. The minimum atomic E-state index is 0.0418. The van der Waals surface area contributed by atoms with Gasteiger partial charge < -0.3 is 4.74 Å². The van der Waals surface area contributed by atoms with Crippen molar-refractivity contribution in [1.82, 2.24) is 4.98 Å². The van der Waals surface area contributed by atoms with Crippen LogP contribution in [0.1, 0.15) is 37.5 Å². The van der Waals surface area contributed by atoms with Crippen LogP contribution in [0.15, 0.2) is 36.5 Å². The van der Waals surface area contributed by atoms with Crippen LogP contribution in [0.4, 0.5) is 0 Å². The van der Waals surface area contributed by atoms with E-state index < -0.39 is 0 Å². The van der Waals surface area contributed by atoms with Gasteiger partial charge in [0.1, 0.15) is 17.5 Å². The van der Waals surface area contributed by atoms with Crippen LogP contribution in [0.25, 0.3) is 0 Å². The van der Waals surface area contributed by atoms with Crippen molar-refractivity contribution in [2.24, 2.45) is 0 Å². The predicted molar refractivity (Wildman–Crippen MR) is 83.5 cm³/mol. The Morgan fingerprint density at radius 3 is 2.60 bits per heavy atom. The molecule has 20 heavy (non-hydrogen) atoms. The maximum absolute atomic E-state index is 6.05. The lowest BCUT2D eigenvalue weighted by Crippen LogP contribution is -2.14. The molecular formula is C17H20ClNO. The van der Waals surface area contributed by atoms with Gasteiger partial charge in [-0.15, -0.1) is 0 Å². The molecule has 0 spiro atoms. The topological polar surface area (TPSA) is 22.1 Å². The first-order valence-corrected chi connectivity index (χ1v) is 7.09. The predicted octanol–water partition coefficient (Wildman–Crippen LogP) is 4.92. The molecule has 1 aromatic carbocycles. The smallest absolute Gasteiger partial charge is 0.135 e. The van der Waals surface area contributed by atoms with E-state index in [1.807, 2.05) is 18.2 Å². The molecular weight excluding hydrogens is 270 g/mol. The molecule has 0 unspecified atom stereocenters. The maximum Gasteiger partial charge on any atom is 0.135 e. The van der Waals surface area contributed by atoms with Crippen molar-refractivity contribution in [3.05, 3.63) is 58.4 Å². The second-order valence-corrected chi connectivity index (χ2v) is 6.35. The SMILES string of the molecule is Cc1ccc(OCc2cccnc2Cl)c(C(C)(C)C)c1. The minimum Gasteiger partial charge on any atom is -0.488 e. The molecule has 0 radical (unpaired) electrons. The number of halogens is 1. The standard InChI is InChI=1S/C17H20ClNO/c1-12-7-8-15(14(10-12)17(2,3)4)20-11-13-6-5-9-19-16(13)18/h5-10H,11H2,1-4H3. The van der Waals surface area contributed by atoms with E-state index in [4.69, 9.17) is 16.3 Å². The zero-order valence-corrected chi connectivity index (χ0v) is 13.2. The van der Waals surface area contributed by atoms with Crippen molar-refractivity contribution < 1.29 is 4.74 Å². The molecule has 0 aliphatic heterocycles. The van der Waals surface area contributed by atoms with Crippen LogP contribution in [-0.4, -0.2) is 4.98 Å². The molecule has 0 saturated heterocycles. The lowest BCUT2D eigenvalue weighted by atomic mass is 9.85. The highest BCUT2D eigenvalue weighted by molar-refractivity contribution is 6.30. The summed E-state index contributed by atoms with van der Waals surface area (Å²) in [6.07, 6.45) is 1.68. The Balaban J connectivity index is 2.24. The van der Waals surface area contributed by atoms with E-state index in [2.05, 4.69) is 44.8 Å². The van der Waals surface area contributed by atoms with Crippen LogP contribution in [0, 0.1) is 6.92 Å². The van der Waals surface area contributed by atoms with Gasteiger partial charge in [0.25, 0.3) is 0 Å². The summed E-state index contributed by atoms with van der Waals surface area (Å²) in [5, 5.41) is 0.497. The molecule has 3 heteroatoms. The van der Waals surface area contributed by atoms with Crippen LogP contribution >= 0.6 is 11.6 Å². The van der Waals surface area contributed by atoms with Gasteiger partial charge in [0, 0.05) is 11.8 Å². The Bertz CT molecular complexity index is 602. The highest BCUT2D eigenvalue weighted by Crippen LogP contribution is 2.32. The number of aryl methyl sites for hydroxylation is 1. The summed E-state index contributed by atoms with van der Waals surface area (Å²) in [6.45, 7) is 9.08. The van der Waals surface area contributed by atoms with E-state index in [0.29, 0.717) is 11.8 Å². The molecule has 0 bridgehead atoms. The monoisotopic (exact) mass is 289 g/mol. The third-order valence-electron chi connectivity index (χ3n) is 3.16. The number of aromatic nitrogens is 1. The molecule has 2 nitrogen and oxygen atoms in total. The number of hydrogen-bond donors (Lipinski definition) is 0. The number of rotatable bonds is 3. The lowest BCUT2D eigenvalue weighted by Gasteiger charge is -2.23. The Morgan fingerprint density at radius 1 is 1.20 bits per heavy atom. The molecule has 0 amide bonds. The molecule has 1 heterocycles. The van der Waals surface area contributed by atoms with Crippen molar-refractivity contribution in [3.8, 4) is 5.75 Å². The summed E-state index contributed by atoms with van der Waals surface area (Å²) in [7, 11) is 0. The zero-order valence-electron chi connectivity index (χ0n) is 12.4. The number of hydrogen-bond acceptors (Lipinski definition) is 2. The van der Waals surface area contributed by atoms with Crippen LogP contribution in [-0.2, 0) is 12.0 Å². The van der Waals surface area contributed by atoms with Crippen LogP contribution in [0.2, 0.25) is 5.15 Å². The molecule has 0 saturated carbocycles. The number of ether oxygens (including phenoxy) is 1. The Labute approximate surface area is 125 Å². The van der Waals surface area contributed by atoms with Gasteiger partial charge in [0.15, 0.2) is 0 Å². The molecule has 0 fully saturated rings. The van der Waals surface area contributed by atoms with E-state index in [-0.39, 0.29) is 5.41 Å². The Morgan fingerprint density at radius 2 is 1.95 bits per heavy atom. The summed E-state index contributed by atoms with van der Waals surface area (Å²) >= 11 is 6.05. The van der Waals surface area contributed by atoms with Gasteiger partial charge in [-0.3, -0.25) is 0 Å². The van der Waals surface area contributed by atoms with E-state index in [9.17, 15) is 0 Å². The van der Waals surface area contributed by atoms with Gasteiger partial charge >= 0.3 is 0 Å². The quantitative estimate of drug-likeness (QED) is 0.748. The fraction of sp³-hybridized carbons (Fsp3) is 0.353. The number of nitrogens with zero attached hydrogens (tertiary/aromatic N) is 1. The van der Waals surface area contributed by atoms with Gasteiger partial charge in [0.05, 0.1) is 0 Å². The van der Waals surface area contributed by atoms with Crippen molar-refractivity contribution in [2.45, 2.75) is 39.7 Å². The van der Waals surface area contributed by atoms with Crippen molar-refractivity contribution in [3.63, 3.8) is 0 Å². The van der Waals surface area contributed by atoms with Gasteiger partial charge in [0.2, 0.25) is 0 Å². The average Bonchev–Trinajstić information content (AvgIpc) is 2.38. The summed E-state index contributed by atoms with van der Waals surface area (Å²) in [5.74, 6) is 0.906. The lowest BCUT2D eigenvalue weighted by molar-refractivity contribution is 0.297. The summed E-state index contributed by atoms with van der Waals surface area (Å²) in [6, 6.07) is 10.1. The highest BCUT2D eigenvalue weighted by atomic mass is 35.5. The van der Waals surface area contributed by atoms with Gasteiger partial charge in [-0.25, -0.2) is 4.98 Å². The van der Waals surface area contributed by atoms with Crippen molar-refractivity contribution in [2.75, 3.05) is 0 Å². The fourth-order valence-electron chi connectivity index (χ4n) is 2.04. The molecule has 1 aromatic heterocycles. The van der Waals surface area contributed by atoms with Crippen molar-refractivity contribution in [1.29, 1.82) is 0 Å². The first-order chi connectivity index (χ1) is 9.38. The van der Waals surface area contributed by atoms with Crippen LogP contribution in [0.3, 0.4) is 0 Å². The average molecular weight is 290 g/mol. The molecule has 2 rings (SSSR count). The Hall–Kier alpha value is -1.54. The summed E-state index contributed by atoms with van der Waals surface area (Å²) < 4.78 is 5.96. The first kappa shape index (κ1) is 14.9. The highest BCUT2D eigenvalue weighted by Gasteiger charge is 2.19. The second-order valence-electron chi connectivity index (χ2n) is 5.99. The van der Waals surface area contributed by atoms with E-state index in [1.165, 1.54) is 11.1 Å². The fourth-order valence-corrected chi connectivity index (χ4v) is 2.21. The minimum absolute atomic E-state index is 0.0418. The van der Waals surface area contributed by atoms with E-state index in [0.717, 1.165) is 11.3 Å². The number of benzene rings is 1. The first-order valence-electron chi connectivity index (χ1n) is 6.71. The molecule has 0 aliphatic rings. The van der Waals surface area contributed by atoms with Crippen molar-refractivity contribution >= 4 is 11.6 Å². The normalized spacial score (nSPS) is 11.4. The van der Waals surface area contributed by atoms with Gasteiger partial charge in [-0.05, 0) is 30.0 Å². The van der Waals surface area contributed by atoms with Crippen LogP contribution < -0.4 is 4.74 Å². The largest absolute Gasteiger partial charge is 0.488 e. The third-order valence-corrected chi connectivity index (χ3v) is 3.50. The van der Waals surface area contributed by atoms with E-state index in [1.54, 1.807) is 6.20 Å².